The molecule has 1 aromatic heterocycles. The lowest BCUT2D eigenvalue weighted by molar-refractivity contribution is 0.333. The molecule has 86 valence electrons. The summed E-state index contributed by atoms with van der Waals surface area (Å²) in [5, 5.41) is 3.17. The molecule has 0 saturated heterocycles. The van der Waals surface area contributed by atoms with Crippen LogP contribution < -0.4 is 5.32 Å². The first-order chi connectivity index (χ1) is 7.22. The Balaban J connectivity index is 2.13. The van der Waals surface area contributed by atoms with E-state index in [0.717, 1.165) is 19.5 Å². The van der Waals surface area contributed by atoms with Gasteiger partial charge in [0.2, 0.25) is 0 Å². The maximum absolute atomic E-state index is 3.49. The van der Waals surface area contributed by atoms with E-state index in [1.807, 2.05) is 18.4 Å². The molecule has 0 spiro atoms. The van der Waals surface area contributed by atoms with Crippen LogP contribution in [0.3, 0.4) is 0 Å². The molecule has 1 heterocycles. The van der Waals surface area contributed by atoms with Gasteiger partial charge in [0.05, 0.1) is 3.79 Å². The second-order valence-electron chi connectivity index (χ2n) is 3.72. The zero-order chi connectivity index (χ0) is 11.1. The van der Waals surface area contributed by atoms with Crippen LogP contribution in [0.25, 0.3) is 0 Å². The Morgan fingerprint density at radius 3 is 2.80 bits per heavy atom. The molecule has 0 aliphatic heterocycles. The first kappa shape index (κ1) is 13.2. The Kier molecular flexibility index (Phi) is 6.48. The number of nitrogens with one attached hydrogen (secondary N) is 1. The number of likely N-dealkylation sites (N-methyl/N-ethyl adjacent to an activating group) is 1. The van der Waals surface area contributed by atoms with E-state index in [9.17, 15) is 0 Å². The average Bonchev–Trinajstić information content (AvgIpc) is 2.62. The third-order valence-corrected chi connectivity index (χ3v) is 4.02. The van der Waals surface area contributed by atoms with Crippen molar-refractivity contribution in [2.24, 2.45) is 0 Å². The quantitative estimate of drug-likeness (QED) is 0.777. The van der Waals surface area contributed by atoms with Crippen molar-refractivity contribution >= 4 is 27.3 Å². The zero-order valence-electron chi connectivity index (χ0n) is 9.42. The maximum atomic E-state index is 3.49. The van der Waals surface area contributed by atoms with Crippen LogP contribution in [0, 0.1) is 0 Å². The summed E-state index contributed by atoms with van der Waals surface area (Å²) in [4.78, 5) is 3.85. The molecule has 0 aromatic carbocycles. The van der Waals surface area contributed by atoms with E-state index in [4.69, 9.17) is 0 Å². The Bertz CT molecular complexity index is 275. The summed E-state index contributed by atoms with van der Waals surface area (Å²) in [6.45, 7) is 3.43. The van der Waals surface area contributed by atoms with Crippen LogP contribution >= 0.6 is 27.3 Å². The van der Waals surface area contributed by atoms with Crippen LogP contribution in [0.1, 0.15) is 11.3 Å². The lowest BCUT2D eigenvalue weighted by atomic mass is 10.3. The van der Waals surface area contributed by atoms with Gasteiger partial charge in [-0.2, -0.15) is 0 Å². The van der Waals surface area contributed by atoms with Gasteiger partial charge in [0.1, 0.15) is 0 Å². The summed E-state index contributed by atoms with van der Waals surface area (Å²) in [5.74, 6) is 0. The van der Waals surface area contributed by atoms with Crippen molar-refractivity contribution in [3.8, 4) is 0 Å². The van der Waals surface area contributed by atoms with Crippen LogP contribution in [0.2, 0.25) is 0 Å². The van der Waals surface area contributed by atoms with Gasteiger partial charge < -0.3 is 10.2 Å². The predicted octanol–water partition coefficient (Wildman–Crippen LogP) is 2.59. The van der Waals surface area contributed by atoms with E-state index in [2.05, 4.69) is 45.3 Å². The standard InChI is InChI=1S/C11H19BrN2S/c1-13-7-3-8-14(2)9-6-10-4-5-11(12)15-10/h4-5,13H,3,6-9H2,1-2H3. The molecule has 0 radical (unpaired) electrons. The van der Waals surface area contributed by atoms with E-state index in [-0.39, 0.29) is 0 Å². The highest BCUT2D eigenvalue weighted by Crippen LogP contribution is 2.22. The predicted molar refractivity (Wildman–Crippen MR) is 71.8 cm³/mol. The first-order valence-corrected chi connectivity index (χ1v) is 6.90. The molecule has 0 fully saturated rings. The van der Waals surface area contributed by atoms with E-state index in [1.54, 1.807) is 0 Å². The lowest BCUT2D eigenvalue weighted by Gasteiger charge is -2.15. The average molecular weight is 291 g/mol. The fourth-order valence-corrected chi connectivity index (χ4v) is 2.90. The van der Waals surface area contributed by atoms with Crippen molar-refractivity contribution in [3.05, 3.63) is 20.8 Å². The molecular formula is C11H19BrN2S. The smallest absolute Gasteiger partial charge is 0.0701 e. The number of thiophene rings is 1. The van der Waals surface area contributed by atoms with Crippen LogP contribution in [0.15, 0.2) is 15.9 Å². The molecule has 0 amide bonds. The summed E-state index contributed by atoms with van der Waals surface area (Å²) in [5.41, 5.74) is 0. The van der Waals surface area contributed by atoms with Gasteiger partial charge in [0, 0.05) is 11.4 Å². The minimum atomic E-state index is 1.11. The summed E-state index contributed by atoms with van der Waals surface area (Å²) in [7, 11) is 4.20. The number of rotatable bonds is 7. The fourth-order valence-electron chi connectivity index (χ4n) is 1.42. The van der Waals surface area contributed by atoms with Gasteiger partial charge in [-0.05, 0) is 68.1 Å². The molecule has 15 heavy (non-hydrogen) atoms. The monoisotopic (exact) mass is 290 g/mol. The number of hydrogen-bond acceptors (Lipinski definition) is 3. The largest absolute Gasteiger partial charge is 0.320 e. The molecule has 0 saturated carbocycles. The van der Waals surface area contributed by atoms with Gasteiger partial charge in [-0.15, -0.1) is 11.3 Å². The van der Waals surface area contributed by atoms with E-state index in [0.29, 0.717) is 0 Å². The van der Waals surface area contributed by atoms with E-state index >= 15 is 0 Å². The van der Waals surface area contributed by atoms with Crippen molar-refractivity contribution in [2.45, 2.75) is 12.8 Å². The van der Waals surface area contributed by atoms with Crippen LogP contribution in [-0.2, 0) is 6.42 Å². The molecule has 1 aromatic rings. The molecule has 2 nitrogen and oxygen atoms in total. The van der Waals surface area contributed by atoms with Crippen molar-refractivity contribution in [3.63, 3.8) is 0 Å². The Hall–Kier alpha value is 0.1000. The van der Waals surface area contributed by atoms with Gasteiger partial charge in [-0.25, -0.2) is 0 Å². The molecule has 1 N–H and O–H groups in total. The third-order valence-electron chi connectivity index (χ3n) is 2.34. The van der Waals surface area contributed by atoms with Crippen LogP contribution in [0.5, 0.6) is 0 Å². The Labute approximate surface area is 105 Å². The summed E-state index contributed by atoms with van der Waals surface area (Å²) in [6.07, 6.45) is 2.38. The first-order valence-electron chi connectivity index (χ1n) is 5.29. The van der Waals surface area contributed by atoms with Crippen LogP contribution in [0.4, 0.5) is 0 Å². The number of hydrogen-bond donors (Lipinski definition) is 1. The van der Waals surface area contributed by atoms with Crippen molar-refractivity contribution < 1.29 is 0 Å². The van der Waals surface area contributed by atoms with Crippen molar-refractivity contribution in [1.29, 1.82) is 0 Å². The Morgan fingerprint density at radius 2 is 2.20 bits per heavy atom. The highest BCUT2D eigenvalue weighted by molar-refractivity contribution is 9.11. The van der Waals surface area contributed by atoms with Crippen molar-refractivity contribution in [2.75, 3.05) is 33.7 Å². The fraction of sp³-hybridized carbons (Fsp3) is 0.636. The molecule has 0 atom stereocenters. The van der Waals surface area contributed by atoms with Gasteiger partial charge in [-0.3, -0.25) is 0 Å². The highest BCUT2D eigenvalue weighted by atomic mass is 79.9. The second-order valence-corrected chi connectivity index (χ2v) is 6.26. The molecule has 4 heteroatoms. The van der Waals surface area contributed by atoms with E-state index < -0.39 is 0 Å². The minimum absolute atomic E-state index is 1.11. The molecule has 0 bridgehead atoms. The number of halogens is 1. The summed E-state index contributed by atoms with van der Waals surface area (Å²) in [6, 6.07) is 4.33. The Morgan fingerprint density at radius 1 is 1.40 bits per heavy atom. The summed E-state index contributed by atoms with van der Waals surface area (Å²) >= 11 is 5.32. The van der Waals surface area contributed by atoms with Gasteiger partial charge in [0.25, 0.3) is 0 Å². The summed E-state index contributed by atoms with van der Waals surface area (Å²) < 4.78 is 1.23. The molecular weight excluding hydrogens is 272 g/mol. The molecule has 0 aliphatic rings. The van der Waals surface area contributed by atoms with Gasteiger partial charge in [0.15, 0.2) is 0 Å². The zero-order valence-corrected chi connectivity index (χ0v) is 11.8. The molecule has 0 unspecified atom stereocenters. The topological polar surface area (TPSA) is 15.3 Å². The number of nitrogens with zero attached hydrogens (tertiary/aromatic N) is 1. The van der Waals surface area contributed by atoms with Crippen molar-refractivity contribution in [1.82, 2.24) is 10.2 Å². The second kappa shape index (κ2) is 7.39. The van der Waals surface area contributed by atoms with Gasteiger partial charge in [-0.1, -0.05) is 0 Å². The highest BCUT2D eigenvalue weighted by Gasteiger charge is 2.01. The third kappa shape index (κ3) is 5.66. The van der Waals surface area contributed by atoms with E-state index in [1.165, 1.54) is 21.6 Å². The lowest BCUT2D eigenvalue weighted by Crippen LogP contribution is -2.24. The molecule has 0 aliphatic carbocycles. The normalized spacial score (nSPS) is 11.2. The maximum Gasteiger partial charge on any atom is 0.0701 e. The van der Waals surface area contributed by atoms with Gasteiger partial charge >= 0.3 is 0 Å². The molecule has 1 rings (SSSR count). The SMILES string of the molecule is CNCCCN(C)CCc1ccc(Br)s1. The minimum Gasteiger partial charge on any atom is -0.320 e. The van der Waals surface area contributed by atoms with Crippen LogP contribution in [-0.4, -0.2) is 38.6 Å².